The fourth-order valence-electron chi connectivity index (χ4n) is 2.90. The van der Waals surface area contributed by atoms with E-state index in [-0.39, 0.29) is 11.9 Å². The molecule has 4 rings (SSSR count). The van der Waals surface area contributed by atoms with Gasteiger partial charge in [0.15, 0.2) is 5.13 Å². The normalized spacial score (nSPS) is 16.9. The van der Waals surface area contributed by atoms with Crippen molar-refractivity contribution in [3.8, 4) is 0 Å². The Balaban J connectivity index is 1.36. The van der Waals surface area contributed by atoms with Gasteiger partial charge in [-0.25, -0.2) is 4.98 Å². The van der Waals surface area contributed by atoms with Crippen molar-refractivity contribution in [1.29, 1.82) is 0 Å². The molecule has 1 aromatic carbocycles. The molecule has 1 N–H and O–H groups in total. The summed E-state index contributed by atoms with van der Waals surface area (Å²) in [6, 6.07) is 8.02. The molecule has 0 saturated carbocycles. The number of thiazole rings is 1. The van der Waals surface area contributed by atoms with Crippen molar-refractivity contribution < 1.29 is 4.79 Å². The highest BCUT2D eigenvalue weighted by Crippen LogP contribution is 2.29. The van der Waals surface area contributed by atoms with Gasteiger partial charge < -0.3 is 4.90 Å². The number of hydrogen-bond acceptors (Lipinski definition) is 8. The van der Waals surface area contributed by atoms with Gasteiger partial charge in [0.1, 0.15) is 5.51 Å². The van der Waals surface area contributed by atoms with Crippen LogP contribution in [0.5, 0.6) is 0 Å². The number of rotatable bonds is 4. The van der Waals surface area contributed by atoms with Gasteiger partial charge in [-0.05, 0) is 19.1 Å². The number of benzene rings is 1. The van der Waals surface area contributed by atoms with E-state index in [4.69, 9.17) is 4.98 Å². The van der Waals surface area contributed by atoms with E-state index in [1.165, 1.54) is 16.0 Å². The average molecular weight is 374 g/mol. The minimum absolute atomic E-state index is 0.0369. The molecule has 0 bridgehead atoms. The van der Waals surface area contributed by atoms with Crippen LogP contribution in [0.2, 0.25) is 0 Å². The molecule has 0 spiro atoms. The molecule has 1 amide bonds. The fourth-order valence-corrected chi connectivity index (χ4v) is 4.36. The van der Waals surface area contributed by atoms with Crippen molar-refractivity contribution in [1.82, 2.24) is 20.1 Å². The van der Waals surface area contributed by atoms with Crippen LogP contribution in [0.3, 0.4) is 0 Å². The highest BCUT2D eigenvalue weighted by atomic mass is 32.1. The minimum Gasteiger partial charge on any atom is -0.345 e. The largest absolute Gasteiger partial charge is 0.345 e. The van der Waals surface area contributed by atoms with Crippen LogP contribution in [0, 0.1) is 0 Å². The van der Waals surface area contributed by atoms with E-state index in [0.717, 1.165) is 36.8 Å². The van der Waals surface area contributed by atoms with Crippen LogP contribution in [0.1, 0.15) is 6.92 Å². The van der Waals surface area contributed by atoms with Crippen molar-refractivity contribution in [2.75, 3.05) is 36.4 Å². The van der Waals surface area contributed by atoms with Crippen LogP contribution < -0.4 is 10.2 Å². The maximum Gasteiger partial charge on any atom is 0.243 e. The number of carbonyl (C=O) groups is 1. The third-order valence-electron chi connectivity index (χ3n) is 4.38. The number of hydrogen-bond donors (Lipinski definition) is 1. The first-order valence-electron chi connectivity index (χ1n) is 8.12. The monoisotopic (exact) mass is 374 g/mol. The molecule has 1 fully saturated rings. The lowest BCUT2D eigenvalue weighted by Gasteiger charge is -2.37. The van der Waals surface area contributed by atoms with E-state index in [9.17, 15) is 4.79 Å². The van der Waals surface area contributed by atoms with Gasteiger partial charge >= 0.3 is 0 Å². The topological polar surface area (TPSA) is 74.2 Å². The van der Waals surface area contributed by atoms with Gasteiger partial charge in [-0.15, -0.1) is 10.2 Å². The zero-order valence-electron chi connectivity index (χ0n) is 13.8. The standard InChI is InChI=1S/C16H18N6OS2/c1-11(14(23)19-15-20-17-10-24-15)21-6-8-22(9-7-21)16-18-12-4-2-3-5-13(12)25-16/h2-5,10-11H,6-9H2,1H3,(H,19,20,23). The SMILES string of the molecule is CC(C(=O)Nc1nncs1)N1CCN(c2nc3ccccc3s2)CC1. The molecule has 7 nitrogen and oxygen atoms in total. The van der Waals surface area contributed by atoms with E-state index in [1.807, 2.05) is 25.1 Å². The molecule has 0 aliphatic carbocycles. The Bertz CT molecular complexity index is 824. The van der Waals surface area contributed by atoms with Crippen molar-refractivity contribution in [3.63, 3.8) is 0 Å². The molecule has 1 aliphatic heterocycles. The molecule has 0 radical (unpaired) electrons. The zero-order chi connectivity index (χ0) is 17.2. The first kappa shape index (κ1) is 16.4. The van der Waals surface area contributed by atoms with Crippen molar-refractivity contribution >= 4 is 49.1 Å². The molecule has 1 saturated heterocycles. The van der Waals surface area contributed by atoms with Crippen LogP contribution in [0.4, 0.5) is 10.3 Å². The summed E-state index contributed by atoms with van der Waals surface area (Å²) in [5.74, 6) is -0.0369. The molecular weight excluding hydrogens is 356 g/mol. The van der Waals surface area contributed by atoms with Gasteiger partial charge in [0.05, 0.1) is 16.3 Å². The predicted octanol–water partition coefficient (Wildman–Crippen LogP) is 2.30. The van der Waals surface area contributed by atoms with E-state index in [0.29, 0.717) is 5.13 Å². The summed E-state index contributed by atoms with van der Waals surface area (Å²) in [5.41, 5.74) is 2.66. The molecule has 2 aromatic heterocycles. The Morgan fingerprint density at radius 2 is 2.04 bits per heavy atom. The van der Waals surface area contributed by atoms with Crippen LogP contribution >= 0.6 is 22.7 Å². The number of anilines is 2. The molecule has 1 unspecified atom stereocenters. The van der Waals surface area contributed by atoms with Gasteiger partial charge in [0.2, 0.25) is 11.0 Å². The summed E-state index contributed by atoms with van der Waals surface area (Å²) in [6.07, 6.45) is 0. The Morgan fingerprint density at radius 3 is 2.76 bits per heavy atom. The third kappa shape index (κ3) is 3.48. The smallest absolute Gasteiger partial charge is 0.243 e. The predicted molar refractivity (Wildman–Crippen MR) is 101 cm³/mol. The number of carbonyl (C=O) groups excluding carboxylic acids is 1. The van der Waals surface area contributed by atoms with Gasteiger partial charge in [0.25, 0.3) is 0 Å². The second-order valence-electron chi connectivity index (χ2n) is 5.90. The Labute approximate surface area is 153 Å². The number of nitrogens with zero attached hydrogens (tertiary/aromatic N) is 5. The Morgan fingerprint density at radius 1 is 1.24 bits per heavy atom. The highest BCUT2D eigenvalue weighted by Gasteiger charge is 2.27. The summed E-state index contributed by atoms with van der Waals surface area (Å²) in [4.78, 5) is 21.6. The number of nitrogens with one attached hydrogen (secondary N) is 1. The molecular formula is C16H18N6OS2. The molecule has 25 heavy (non-hydrogen) atoms. The van der Waals surface area contributed by atoms with Crippen molar-refractivity contribution in [2.45, 2.75) is 13.0 Å². The number of piperazine rings is 1. The molecule has 9 heteroatoms. The number of fused-ring (bicyclic) bond motifs is 1. The maximum absolute atomic E-state index is 12.3. The van der Waals surface area contributed by atoms with Crippen molar-refractivity contribution in [2.24, 2.45) is 0 Å². The van der Waals surface area contributed by atoms with Crippen LogP contribution in [0.25, 0.3) is 10.2 Å². The van der Waals surface area contributed by atoms with E-state index in [2.05, 4.69) is 31.4 Å². The number of aromatic nitrogens is 3. The van der Waals surface area contributed by atoms with Crippen LogP contribution in [0.15, 0.2) is 29.8 Å². The number of para-hydroxylation sites is 1. The Kier molecular flexibility index (Phi) is 4.60. The van der Waals surface area contributed by atoms with Crippen LogP contribution in [-0.4, -0.2) is 58.2 Å². The molecule has 1 aliphatic rings. The van der Waals surface area contributed by atoms with Gasteiger partial charge in [-0.3, -0.25) is 15.0 Å². The third-order valence-corrected chi connectivity index (χ3v) is 6.09. The molecule has 3 heterocycles. The summed E-state index contributed by atoms with van der Waals surface area (Å²) >= 11 is 3.05. The van der Waals surface area contributed by atoms with E-state index in [1.54, 1.807) is 16.8 Å². The molecule has 3 aromatic rings. The number of amides is 1. The summed E-state index contributed by atoms with van der Waals surface area (Å²) < 4.78 is 1.21. The highest BCUT2D eigenvalue weighted by molar-refractivity contribution is 7.22. The zero-order valence-corrected chi connectivity index (χ0v) is 15.4. The second-order valence-corrected chi connectivity index (χ2v) is 7.74. The summed E-state index contributed by atoms with van der Waals surface area (Å²) in [7, 11) is 0. The average Bonchev–Trinajstić information content (AvgIpc) is 3.30. The second kappa shape index (κ2) is 7.03. The summed E-state index contributed by atoms with van der Waals surface area (Å²) in [5, 5.41) is 12.0. The Hall–Kier alpha value is -2.10. The van der Waals surface area contributed by atoms with Crippen LogP contribution in [-0.2, 0) is 4.79 Å². The lowest BCUT2D eigenvalue weighted by molar-refractivity contribution is -0.120. The van der Waals surface area contributed by atoms with Gasteiger partial charge in [0, 0.05) is 26.2 Å². The quantitative estimate of drug-likeness (QED) is 0.755. The van der Waals surface area contributed by atoms with Crippen molar-refractivity contribution in [3.05, 3.63) is 29.8 Å². The molecule has 130 valence electrons. The van der Waals surface area contributed by atoms with E-state index >= 15 is 0 Å². The maximum atomic E-state index is 12.3. The van der Waals surface area contributed by atoms with E-state index < -0.39 is 0 Å². The van der Waals surface area contributed by atoms with Gasteiger partial charge in [-0.1, -0.05) is 34.8 Å². The lowest BCUT2D eigenvalue weighted by atomic mass is 10.2. The first-order chi connectivity index (χ1) is 12.2. The first-order valence-corrected chi connectivity index (χ1v) is 9.82. The molecule has 1 atom stereocenters. The fraction of sp³-hybridized carbons (Fsp3) is 0.375. The summed E-state index contributed by atoms with van der Waals surface area (Å²) in [6.45, 7) is 5.34. The lowest BCUT2D eigenvalue weighted by Crippen LogP contribution is -2.52. The minimum atomic E-state index is -0.193. The van der Waals surface area contributed by atoms with Gasteiger partial charge in [-0.2, -0.15) is 0 Å².